The number of ether oxygens (including phenoxy) is 2. The molecule has 0 saturated carbocycles. The monoisotopic (exact) mass is 229 g/mol. The van der Waals surface area contributed by atoms with Crippen molar-refractivity contribution in [3.63, 3.8) is 0 Å². The molecule has 1 fully saturated rings. The van der Waals surface area contributed by atoms with Crippen LogP contribution in [0.15, 0.2) is 0 Å². The fourth-order valence-corrected chi connectivity index (χ4v) is 1.95. The van der Waals surface area contributed by atoms with Crippen LogP contribution in [0, 0.1) is 11.3 Å². The summed E-state index contributed by atoms with van der Waals surface area (Å²) in [5, 5.41) is 2.67. The Morgan fingerprint density at radius 2 is 2.00 bits per heavy atom. The van der Waals surface area contributed by atoms with Crippen molar-refractivity contribution in [2.75, 3.05) is 13.2 Å². The van der Waals surface area contributed by atoms with Crippen LogP contribution in [0.3, 0.4) is 0 Å². The molecule has 1 aliphatic rings. The Balaban J connectivity index is 2.85. The number of carbonyl (C=O) groups is 2. The lowest BCUT2D eigenvalue weighted by Gasteiger charge is -2.28. The summed E-state index contributed by atoms with van der Waals surface area (Å²) in [6.07, 6.45) is -0.431. The topological polar surface area (TPSA) is 64.6 Å². The summed E-state index contributed by atoms with van der Waals surface area (Å²) in [7, 11) is 0. The van der Waals surface area contributed by atoms with Gasteiger partial charge in [0, 0.05) is 12.0 Å². The molecule has 2 unspecified atom stereocenters. The van der Waals surface area contributed by atoms with Crippen LogP contribution in [0.25, 0.3) is 0 Å². The Morgan fingerprint density at radius 3 is 2.50 bits per heavy atom. The highest BCUT2D eigenvalue weighted by Gasteiger charge is 2.53. The lowest BCUT2D eigenvalue weighted by Crippen LogP contribution is -2.39. The SMILES string of the molecule is CCOC(=O)C1C(=O)NC(OCC)C1(C)C. The maximum absolute atomic E-state index is 11.7. The van der Waals surface area contributed by atoms with Crippen LogP contribution in [0.1, 0.15) is 27.7 Å². The van der Waals surface area contributed by atoms with Gasteiger partial charge in [-0.05, 0) is 13.8 Å². The minimum absolute atomic E-state index is 0.276. The van der Waals surface area contributed by atoms with Gasteiger partial charge in [0.05, 0.1) is 6.61 Å². The van der Waals surface area contributed by atoms with E-state index in [1.165, 1.54) is 0 Å². The minimum atomic E-state index is -0.788. The zero-order chi connectivity index (χ0) is 12.3. The summed E-state index contributed by atoms with van der Waals surface area (Å²) in [6.45, 7) is 7.99. The summed E-state index contributed by atoms with van der Waals surface area (Å²) >= 11 is 0. The third-order valence-electron chi connectivity index (χ3n) is 2.81. The van der Waals surface area contributed by atoms with Gasteiger partial charge >= 0.3 is 5.97 Å². The second-order valence-electron chi connectivity index (χ2n) is 4.35. The molecule has 0 spiro atoms. The molecule has 0 bridgehead atoms. The van der Waals surface area contributed by atoms with Gasteiger partial charge in [0.15, 0.2) is 0 Å². The molecule has 0 aromatic carbocycles. The van der Waals surface area contributed by atoms with Gasteiger partial charge in [-0.3, -0.25) is 9.59 Å². The quantitative estimate of drug-likeness (QED) is 0.569. The van der Waals surface area contributed by atoms with E-state index in [-0.39, 0.29) is 12.5 Å². The van der Waals surface area contributed by atoms with Crippen molar-refractivity contribution in [1.29, 1.82) is 0 Å². The molecule has 1 saturated heterocycles. The highest BCUT2D eigenvalue weighted by atomic mass is 16.5. The van der Waals surface area contributed by atoms with Crippen molar-refractivity contribution < 1.29 is 19.1 Å². The first-order valence-electron chi connectivity index (χ1n) is 5.53. The van der Waals surface area contributed by atoms with Gasteiger partial charge in [-0.25, -0.2) is 0 Å². The molecule has 0 aliphatic carbocycles. The molecule has 1 amide bonds. The average Bonchev–Trinajstić information content (AvgIpc) is 2.38. The number of hydrogen-bond acceptors (Lipinski definition) is 4. The van der Waals surface area contributed by atoms with Gasteiger partial charge in [0.1, 0.15) is 12.1 Å². The Hall–Kier alpha value is -1.10. The van der Waals surface area contributed by atoms with Crippen LogP contribution >= 0.6 is 0 Å². The maximum Gasteiger partial charge on any atom is 0.319 e. The van der Waals surface area contributed by atoms with Crippen LogP contribution in [0.2, 0.25) is 0 Å². The van der Waals surface area contributed by atoms with Crippen molar-refractivity contribution in [1.82, 2.24) is 5.32 Å². The van der Waals surface area contributed by atoms with E-state index in [2.05, 4.69) is 5.32 Å². The van der Waals surface area contributed by atoms with Crippen molar-refractivity contribution in [3.8, 4) is 0 Å². The van der Waals surface area contributed by atoms with Crippen LogP contribution < -0.4 is 5.32 Å². The first-order chi connectivity index (χ1) is 7.45. The smallest absolute Gasteiger partial charge is 0.319 e. The maximum atomic E-state index is 11.7. The van der Waals surface area contributed by atoms with Gasteiger partial charge in [0.2, 0.25) is 5.91 Å². The molecule has 2 atom stereocenters. The predicted octanol–water partition coefficient (Wildman–Crippen LogP) is 0.684. The van der Waals surface area contributed by atoms with Gasteiger partial charge in [-0.1, -0.05) is 13.8 Å². The first kappa shape index (κ1) is 13.0. The Labute approximate surface area is 95.5 Å². The number of nitrogens with one attached hydrogen (secondary N) is 1. The number of esters is 1. The highest BCUT2D eigenvalue weighted by molar-refractivity contribution is 6.00. The standard InChI is InChI=1S/C11H19NO4/c1-5-15-9(14)7-8(13)12-10(16-6-2)11(7,3)4/h7,10H,5-6H2,1-4H3,(H,12,13). The number of amides is 1. The second kappa shape index (κ2) is 4.82. The largest absolute Gasteiger partial charge is 0.465 e. The van der Waals surface area contributed by atoms with E-state index in [0.29, 0.717) is 6.61 Å². The summed E-state index contributed by atoms with van der Waals surface area (Å²) < 4.78 is 10.3. The Kier molecular flexibility index (Phi) is 3.91. The minimum Gasteiger partial charge on any atom is -0.465 e. The van der Waals surface area contributed by atoms with Gasteiger partial charge < -0.3 is 14.8 Å². The normalized spacial score (nSPS) is 27.6. The molecule has 92 valence electrons. The number of carbonyl (C=O) groups excluding carboxylic acids is 2. The average molecular weight is 229 g/mol. The number of rotatable bonds is 4. The lowest BCUT2D eigenvalue weighted by atomic mass is 9.80. The van der Waals surface area contributed by atoms with Crippen molar-refractivity contribution in [2.45, 2.75) is 33.9 Å². The molecule has 5 nitrogen and oxygen atoms in total. The molecule has 0 radical (unpaired) electrons. The van der Waals surface area contributed by atoms with E-state index in [9.17, 15) is 9.59 Å². The molecule has 16 heavy (non-hydrogen) atoms. The van der Waals surface area contributed by atoms with E-state index in [4.69, 9.17) is 9.47 Å². The third-order valence-corrected chi connectivity index (χ3v) is 2.81. The number of hydrogen-bond donors (Lipinski definition) is 1. The molecule has 1 N–H and O–H groups in total. The Bertz CT molecular complexity index is 288. The zero-order valence-corrected chi connectivity index (χ0v) is 10.2. The van der Waals surface area contributed by atoms with Gasteiger partial charge in [-0.2, -0.15) is 0 Å². The molecule has 1 heterocycles. The van der Waals surface area contributed by atoms with Crippen molar-refractivity contribution >= 4 is 11.9 Å². The molecule has 0 aromatic rings. The van der Waals surface area contributed by atoms with Crippen molar-refractivity contribution in [2.24, 2.45) is 11.3 Å². The van der Waals surface area contributed by atoms with Crippen LogP contribution in [-0.2, 0) is 19.1 Å². The van der Waals surface area contributed by atoms with Gasteiger partial charge in [0.25, 0.3) is 0 Å². The summed E-state index contributed by atoms with van der Waals surface area (Å²) in [5.74, 6) is -1.59. The summed E-state index contributed by atoms with van der Waals surface area (Å²) in [5.41, 5.74) is -0.584. The summed E-state index contributed by atoms with van der Waals surface area (Å²) in [4.78, 5) is 23.4. The van der Waals surface area contributed by atoms with Crippen LogP contribution in [0.5, 0.6) is 0 Å². The predicted molar refractivity (Wildman–Crippen MR) is 57.5 cm³/mol. The zero-order valence-electron chi connectivity index (χ0n) is 10.2. The molecule has 5 heteroatoms. The third kappa shape index (κ3) is 2.19. The lowest BCUT2D eigenvalue weighted by molar-refractivity contribution is -0.155. The second-order valence-corrected chi connectivity index (χ2v) is 4.35. The fraction of sp³-hybridized carbons (Fsp3) is 0.818. The van der Waals surface area contributed by atoms with Crippen LogP contribution in [-0.4, -0.2) is 31.3 Å². The molecular weight excluding hydrogens is 210 g/mol. The molecule has 0 aromatic heterocycles. The first-order valence-corrected chi connectivity index (χ1v) is 5.53. The van der Waals surface area contributed by atoms with E-state index >= 15 is 0 Å². The van der Waals surface area contributed by atoms with E-state index < -0.39 is 23.5 Å². The van der Waals surface area contributed by atoms with Crippen LogP contribution in [0.4, 0.5) is 0 Å². The molecule has 1 rings (SSSR count). The van der Waals surface area contributed by atoms with E-state index in [0.717, 1.165) is 0 Å². The van der Waals surface area contributed by atoms with Crippen molar-refractivity contribution in [3.05, 3.63) is 0 Å². The highest BCUT2D eigenvalue weighted by Crippen LogP contribution is 2.37. The molecule has 1 aliphatic heterocycles. The molecular formula is C11H19NO4. The van der Waals surface area contributed by atoms with E-state index in [1.807, 2.05) is 20.8 Å². The fourth-order valence-electron chi connectivity index (χ4n) is 1.95. The van der Waals surface area contributed by atoms with E-state index in [1.54, 1.807) is 6.92 Å². The van der Waals surface area contributed by atoms with Gasteiger partial charge in [-0.15, -0.1) is 0 Å². The summed E-state index contributed by atoms with van der Waals surface area (Å²) in [6, 6.07) is 0. The Morgan fingerprint density at radius 1 is 1.38 bits per heavy atom.